The van der Waals surface area contributed by atoms with Gasteiger partial charge in [0, 0.05) is 12.9 Å². The van der Waals surface area contributed by atoms with Crippen LogP contribution in [0.15, 0.2) is 0 Å². The average Bonchev–Trinajstić information content (AvgIpc) is 2.19. The van der Waals surface area contributed by atoms with Crippen LogP contribution in [0.25, 0.3) is 0 Å². The maximum atomic E-state index is 5.17. The lowest BCUT2D eigenvalue weighted by Gasteiger charge is -2.01. The summed E-state index contributed by atoms with van der Waals surface area (Å²) in [6.07, 6.45) is 4.95. The molecule has 0 aliphatic carbocycles. The van der Waals surface area contributed by atoms with E-state index >= 15 is 0 Å². The fourth-order valence-electron chi connectivity index (χ4n) is 0.881. The van der Waals surface area contributed by atoms with Gasteiger partial charge in [0.05, 0.1) is 6.61 Å². The zero-order valence-corrected chi connectivity index (χ0v) is 5.75. The van der Waals surface area contributed by atoms with Crippen LogP contribution in [0.4, 0.5) is 0 Å². The van der Waals surface area contributed by atoms with Gasteiger partial charge in [-0.3, -0.25) is 0 Å². The Kier molecular flexibility index (Phi) is 2.70. The summed E-state index contributed by atoms with van der Waals surface area (Å²) < 4.78 is 5.17. The normalized spacial score (nSPS) is 28.9. The molecule has 1 aliphatic rings. The van der Waals surface area contributed by atoms with Crippen molar-refractivity contribution in [1.29, 1.82) is 0 Å². The highest BCUT2D eigenvalue weighted by Gasteiger charge is 2.13. The van der Waals surface area contributed by atoms with Crippen molar-refractivity contribution in [3.8, 4) is 0 Å². The smallest absolute Gasteiger partial charge is 0.0503 e. The van der Waals surface area contributed by atoms with Gasteiger partial charge in [0.1, 0.15) is 0 Å². The molecule has 2 heteroatoms. The summed E-state index contributed by atoms with van der Waals surface area (Å²) in [5.41, 5.74) is 0. The first-order valence-corrected chi connectivity index (χ1v) is 4.03. The van der Waals surface area contributed by atoms with Crippen molar-refractivity contribution in [2.24, 2.45) is 5.92 Å². The van der Waals surface area contributed by atoms with Gasteiger partial charge >= 0.3 is 0 Å². The SMILES string of the molecule is [CH2]SCC1CCOC1. The van der Waals surface area contributed by atoms with Crippen LogP contribution in [0, 0.1) is 12.2 Å². The van der Waals surface area contributed by atoms with E-state index in [9.17, 15) is 0 Å². The zero-order chi connectivity index (χ0) is 5.82. The second-order valence-electron chi connectivity index (χ2n) is 2.10. The number of thioether (sulfide) groups is 1. The maximum absolute atomic E-state index is 5.17. The molecular weight excluding hydrogens is 120 g/mol. The van der Waals surface area contributed by atoms with E-state index in [4.69, 9.17) is 4.74 Å². The van der Waals surface area contributed by atoms with Gasteiger partial charge in [0.25, 0.3) is 0 Å². The largest absolute Gasteiger partial charge is 0.381 e. The van der Waals surface area contributed by atoms with E-state index in [-0.39, 0.29) is 0 Å². The Morgan fingerprint density at radius 1 is 1.75 bits per heavy atom. The van der Waals surface area contributed by atoms with Gasteiger partial charge in [0.15, 0.2) is 0 Å². The quantitative estimate of drug-likeness (QED) is 0.562. The van der Waals surface area contributed by atoms with Crippen molar-refractivity contribution in [3.63, 3.8) is 0 Å². The third-order valence-electron chi connectivity index (χ3n) is 1.38. The highest BCUT2D eigenvalue weighted by Crippen LogP contribution is 2.16. The van der Waals surface area contributed by atoms with Gasteiger partial charge in [-0.25, -0.2) is 0 Å². The molecule has 1 saturated heterocycles. The van der Waals surface area contributed by atoms with Gasteiger partial charge in [-0.1, -0.05) is 0 Å². The predicted molar refractivity (Wildman–Crippen MR) is 36.7 cm³/mol. The van der Waals surface area contributed by atoms with Crippen LogP contribution in [0.3, 0.4) is 0 Å². The average molecular weight is 131 g/mol. The Labute approximate surface area is 54.8 Å². The summed E-state index contributed by atoms with van der Waals surface area (Å²) >= 11 is 1.67. The van der Waals surface area contributed by atoms with Crippen molar-refractivity contribution in [3.05, 3.63) is 6.26 Å². The monoisotopic (exact) mass is 131 g/mol. The van der Waals surface area contributed by atoms with Crippen LogP contribution < -0.4 is 0 Å². The minimum absolute atomic E-state index is 0.789. The molecule has 1 heterocycles. The summed E-state index contributed by atoms with van der Waals surface area (Å²) in [6.45, 7) is 1.92. The second-order valence-corrected chi connectivity index (χ2v) is 2.84. The lowest BCUT2D eigenvalue weighted by atomic mass is 10.2. The Bertz CT molecular complexity index is 59.5. The van der Waals surface area contributed by atoms with Gasteiger partial charge in [0.2, 0.25) is 0 Å². The molecule has 0 aromatic rings. The second kappa shape index (κ2) is 3.36. The molecule has 1 radical (unpaired) electrons. The van der Waals surface area contributed by atoms with E-state index in [0.29, 0.717) is 0 Å². The molecule has 8 heavy (non-hydrogen) atoms. The molecular formula is C6H11OS. The molecule has 0 N–H and O–H groups in total. The number of hydrogen-bond donors (Lipinski definition) is 0. The molecule has 1 nitrogen and oxygen atoms in total. The molecule has 1 atom stereocenters. The van der Waals surface area contributed by atoms with Gasteiger partial charge < -0.3 is 4.74 Å². The minimum atomic E-state index is 0.789. The highest BCUT2D eigenvalue weighted by atomic mass is 32.2. The van der Waals surface area contributed by atoms with Crippen LogP contribution in [-0.2, 0) is 4.74 Å². The van der Waals surface area contributed by atoms with Crippen molar-refractivity contribution in [1.82, 2.24) is 0 Å². The van der Waals surface area contributed by atoms with Gasteiger partial charge in [-0.05, 0) is 18.1 Å². The molecule has 0 saturated carbocycles. The van der Waals surface area contributed by atoms with Gasteiger partial charge in [-0.2, -0.15) is 11.8 Å². The van der Waals surface area contributed by atoms with E-state index < -0.39 is 0 Å². The molecule has 0 aromatic carbocycles. The fraction of sp³-hybridized carbons (Fsp3) is 0.833. The van der Waals surface area contributed by atoms with Gasteiger partial charge in [-0.15, -0.1) is 0 Å². The summed E-state index contributed by atoms with van der Waals surface area (Å²) in [5, 5.41) is 0. The van der Waals surface area contributed by atoms with Crippen LogP contribution in [0.5, 0.6) is 0 Å². The Balaban J connectivity index is 2.06. The van der Waals surface area contributed by atoms with Crippen molar-refractivity contribution >= 4 is 11.8 Å². The molecule has 0 spiro atoms. The topological polar surface area (TPSA) is 9.23 Å². The summed E-state index contributed by atoms with van der Waals surface area (Å²) in [4.78, 5) is 0. The van der Waals surface area contributed by atoms with E-state index in [0.717, 1.165) is 19.1 Å². The number of ether oxygens (including phenoxy) is 1. The first kappa shape index (κ1) is 6.43. The minimum Gasteiger partial charge on any atom is -0.381 e. The van der Waals surface area contributed by atoms with Crippen LogP contribution >= 0.6 is 11.8 Å². The van der Waals surface area contributed by atoms with Crippen LogP contribution in [0.1, 0.15) is 6.42 Å². The van der Waals surface area contributed by atoms with Crippen LogP contribution in [0.2, 0.25) is 0 Å². The first-order chi connectivity index (χ1) is 3.93. The zero-order valence-electron chi connectivity index (χ0n) is 4.93. The number of hydrogen-bond acceptors (Lipinski definition) is 2. The van der Waals surface area contributed by atoms with Crippen molar-refractivity contribution in [2.45, 2.75) is 6.42 Å². The molecule has 0 bridgehead atoms. The van der Waals surface area contributed by atoms with Crippen LogP contribution in [-0.4, -0.2) is 19.0 Å². The molecule has 1 fully saturated rings. The molecule has 1 rings (SSSR count). The predicted octanol–water partition coefficient (Wildman–Crippen LogP) is 1.55. The van der Waals surface area contributed by atoms with E-state index in [1.165, 1.54) is 12.2 Å². The van der Waals surface area contributed by atoms with E-state index in [1.54, 1.807) is 11.8 Å². The lowest BCUT2D eigenvalue weighted by Crippen LogP contribution is -2.00. The Morgan fingerprint density at radius 3 is 3.12 bits per heavy atom. The summed E-state index contributed by atoms with van der Waals surface area (Å²) in [7, 11) is 0. The number of rotatable bonds is 2. The molecule has 0 amide bonds. The lowest BCUT2D eigenvalue weighted by molar-refractivity contribution is 0.189. The first-order valence-electron chi connectivity index (χ1n) is 2.88. The molecule has 1 aliphatic heterocycles. The van der Waals surface area contributed by atoms with Crippen molar-refractivity contribution in [2.75, 3.05) is 19.0 Å². The summed E-state index contributed by atoms with van der Waals surface area (Å²) in [5.74, 6) is 1.96. The standard InChI is InChI=1S/C6H11OS/c1-8-5-6-2-3-7-4-6/h6H,1-5H2. The Morgan fingerprint density at radius 2 is 2.62 bits per heavy atom. The Hall–Kier alpha value is 0.310. The van der Waals surface area contributed by atoms with E-state index in [2.05, 4.69) is 6.26 Å². The third kappa shape index (κ3) is 1.67. The fourth-order valence-corrected chi connectivity index (χ4v) is 1.48. The third-order valence-corrected chi connectivity index (χ3v) is 2.08. The molecule has 0 aromatic heterocycles. The maximum Gasteiger partial charge on any atom is 0.0503 e. The molecule has 47 valence electrons. The molecule has 1 unspecified atom stereocenters. The van der Waals surface area contributed by atoms with E-state index in [1.807, 2.05) is 0 Å². The highest BCUT2D eigenvalue weighted by molar-refractivity contribution is 8.00. The van der Waals surface area contributed by atoms with Crippen molar-refractivity contribution < 1.29 is 4.74 Å². The summed E-state index contributed by atoms with van der Waals surface area (Å²) in [6, 6.07) is 0.